The molecule has 2 rings (SSSR count). The zero-order valence-electron chi connectivity index (χ0n) is 7.92. The number of ether oxygens (including phenoxy) is 1. The Labute approximate surface area is 78.3 Å². The number of benzene rings is 1. The normalized spacial score (nSPS) is 14.6. The minimum absolute atomic E-state index is 0.722. The lowest BCUT2D eigenvalue weighted by Gasteiger charge is -2.19. The Balaban J connectivity index is 2.66. The van der Waals surface area contributed by atoms with Gasteiger partial charge in [-0.25, -0.2) is 0 Å². The van der Waals surface area contributed by atoms with Gasteiger partial charge in [-0.15, -0.1) is 0 Å². The Morgan fingerprint density at radius 2 is 2.00 bits per heavy atom. The van der Waals surface area contributed by atoms with E-state index in [-0.39, 0.29) is 0 Å². The van der Waals surface area contributed by atoms with Crippen molar-refractivity contribution >= 4 is 5.57 Å². The van der Waals surface area contributed by atoms with Crippen molar-refractivity contribution in [2.45, 2.75) is 13.8 Å². The maximum Gasteiger partial charge on any atom is 0.137 e. The fraction of sp³-hybridized carbons (Fsp3) is 0.167. The Kier molecular flexibility index (Phi) is 1.73. The molecule has 0 radical (unpaired) electrons. The summed E-state index contributed by atoms with van der Waals surface area (Å²) in [6.45, 7) is 7.93. The predicted octanol–water partition coefficient (Wildman–Crippen LogP) is 3.30. The first-order valence-electron chi connectivity index (χ1n) is 4.33. The van der Waals surface area contributed by atoms with Crippen LogP contribution in [0.25, 0.3) is 5.57 Å². The minimum Gasteiger partial charge on any atom is -0.457 e. The van der Waals surface area contributed by atoms with Crippen LogP contribution in [0, 0.1) is 6.92 Å². The molecule has 13 heavy (non-hydrogen) atoms. The molecule has 1 nitrogen and oxygen atoms in total. The maximum atomic E-state index is 5.56. The van der Waals surface area contributed by atoms with Crippen molar-refractivity contribution in [3.05, 3.63) is 47.7 Å². The molecule has 1 aromatic rings. The van der Waals surface area contributed by atoms with Crippen LogP contribution in [0.15, 0.2) is 36.6 Å². The topological polar surface area (TPSA) is 9.23 Å². The van der Waals surface area contributed by atoms with Crippen LogP contribution >= 0.6 is 0 Å². The number of hydrogen-bond acceptors (Lipinski definition) is 1. The average Bonchev–Trinajstić information content (AvgIpc) is 2.07. The second kappa shape index (κ2) is 2.77. The zero-order valence-corrected chi connectivity index (χ0v) is 7.92. The van der Waals surface area contributed by atoms with E-state index in [0.717, 1.165) is 17.1 Å². The van der Waals surface area contributed by atoms with Gasteiger partial charge >= 0.3 is 0 Å². The lowest BCUT2D eigenvalue weighted by molar-refractivity contribution is 0.437. The van der Waals surface area contributed by atoms with Gasteiger partial charge in [-0.1, -0.05) is 24.8 Å². The average molecular weight is 172 g/mol. The predicted molar refractivity (Wildman–Crippen MR) is 54.6 cm³/mol. The fourth-order valence-corrected chi connectivity index (χ4v) is 1.58. The molecule has 0 N–H and O–H groups in total. The smallest absolute Gasteiger partial charge is 0.137 e. The Hall–Kier alpha value is -1.50. The number of para-hydroxylation sites is 1. The second-order valence-corrected chi connectivity index (χ2v) is 3.35. The summed E-state index contributed by atoms with van der Waals surface area (Å²) in [5.41, 5.74) is 3.55. The van der Waals surface area contributed by atoms with Crippen LogP contribution in [0.1, 0.15) is 18.1 Å². The first-order valence-corrected chi connectivity index (χ1v) is 4.33. The van der Waals surface area contributed by atoms with E-state index in [1.54, 1.807) is 0 Å². The Bertz CT molecular complexity index is 400. The monoisotopic (exact) mass is 172 g/mol. The number of aryl methyl sites for hydroxylation is 1. The van der Waals surface area contributed by atoms with Gasteiger partial charge in [0.15, 0.2) is 0 Å². The van der Waals surface area contributed by atoms with E-state index >= 15 is 0 Å². The third-order valence-electron chi connectivity index (χ3n) is 2.25. The number of allylic oxidation sites excluding steroid dienone is 2. The summed E-state index contributed by atoms with van der Waals surface area (Å²) in [5.74, 6) is 1.67. The van der Waals surface area contributed by atoms with Crippen LogP contribution in [0.3, 0.4) is 0 Å². The third-order valence-corrected chi connectivity index (χ3v) is 2.25. The van der Waals surface area contributed by atoms with Gasteiger partial charge < -0.3 is 4.74 Å². The van der Waals surface area contributed by atoms with E-state index in [1.165, 1.54) is 11.1 Å². The Morgan fingerprint density at radius 1 is 1.23 bits per heavy atom. The second-order valence-electron chi connectivity index (χ2n) is 3.35. The van der Waals surface area contributed by atoms with Crippen molar-refractivity contribution in [3.63, 3.8) is 0 Å². The van der Waals surface area contributed by atoms with Gasteiger partial charge in [0.1, 0.15) is 11.5 Å². The first-order chi connectivity index (χ1) is 6.18. The van der Waals surface area contributed by atoms with Gasteiger partial charge in [-0.2, -0.15) is 0 Å². The van der Waals surface area contributed by atoms with Crippen molar-refractivity contribution in [1.82, 2.24) is 0 Å². The van der Waals surface area contributed by atoms with Gasteiger partial charge in [-0.3, -0.25) is 0 Å². The summed E-state index contributed by atoms with van der Waals surface area (Å²) >= 11 is 0. The van der Waals surface area contributed by atoms with Gasteiger partial charge in [0, 0.05) is 5.56 Å². The minimum atomic E-state index is 0.722. The molecule has 0 unspecified atom stereocenters. The SMILES string of the molecule is C=C1C=C(C)c2cccc(C)c2O1. The summed E-state index contributed by atoms with van der Waals surface area (Å²) in [4.78, 5) is 0. The van der Waals surface area contributed by atoms with E-state index in [4.69, 9.17) is 4.74 Å². The summed E-state index contributed by atoms with van der Waals surface area (Å²) < 4.78 is 5.56. The van der Waals surface area contributed by atoms with Gasteiger partial charge in [0.05, 0.1) is 0 Å². The number of fused-ring (bicyclic) bond motifs is 1. The quantitative estimate of drug-likeness (QED) is 0.583. The van der Waals surface area contributed by atoms with Crippen molar-refractivity contribution in [2.75, 3.05) is 0 Å². The Morgan fingerprint density at radius 3 is 2.77 bits per heavy atom. The highest BCUT2D eigenvalue weighted by Gasteiger charge is 2.13. The lowest BCUT2D eigenvalue weighted by atomic mass is 10.0. The van der Waals surface area contributed by atoms with Gasteiger partial charge in [0.25, 0.3) is 0 Å². The molecule has 0 atom stereocenters. The van der Waals surface area contributed by atoms with Crippen molar-refractivity contribution < 1.29 is 4.74 Å². The summed E-state index contributed by atoms with van der Waals surface area (Å²) in [5, 5.41) is 0. The molecule has 1 aliphatic heterocycles. The molecule has 0 bridgehead atoms. The van der Waals surface area contributed by atoms with Gasteiger partial charge in [0.2, 0.25) is 0 Å². The molecule has 1 heterocycles. The van der Waals surface area contributed by atoms with E-state index in [9.17, 15) is 0 Å². The third kappa shape index (κ3) is 1.26. The van der Waals surface area contributed by atoms with Crippen molar-refractivity contribution in [1.29, 1.82) is 0 Å². The lowest BCUT2D eigenvalue weighted by Crippen LogP contribution is -2.02. The van der Waals surface area contributed by atoms with E-state index in [1.807, 2.05) is 25.1 Å². The molecule has 0 spiro atoms. The van der Waals surface area contributed by atoms with Gasteiger partial charge in [-0.05, 0) is 31.1 Å². The molecule has 1 aromatic carbocycles. The first kappa shape index (κ1) is 8.11. The standard InChI is InChI=1S/C12H12O/c1-8-5-4-6-11-9(2)7-10(3)13-12(8)11/h4-7H,3H2,1-2H3. The highest BCUT2D eigenvalue weighted by atomic mass is 16.5. The van der Waals surface area contributed by atoms with Crippen LogP contribution in [0.2, 0.25) is 0 Å². The molecule has 0 aliphatic carbocycles. The van der Waals surface area contributed by atoms with Crippen molar-refractivity contribution in [3.8, 4) is 5.75 Å². The molecular formula is C12H12O. The molecule has 0 aromatic heterocycles. The molecule has 66 valence electrons. The highest BCUT2D eigenvalue weighted by Crippen LogP contribution is 2.34. The van der Waals surface area contributed by atoms with E-state index < -0.39 is 0 Å². The number of hydrogen-bond donors (Lipinski definition) is 0. The molecule has 0 fully saturated rings. The largest absolute Gasteiger partial charge is 0.457 e. The summed E-state index contributed by atoms with van der Waals surface area (Å²) in [7, 11) is 0. The molecule has 0 amide bonds. The zero-order chi connectivity index (χ0) is 9.42. The van der Waals surface area contributed by atoms with Crippen LogP contribution < -0.4 is 4.74 Å². The fourth-order valence-electron chi connectivity index (χ4n) is 1.58. The number of rotatable bonds is 0. The van der Waals surface area contributed by atoms with Crippen molar-refractivity contribution in [2.24, 2.45) is 0 Å². The van der Waals surface area contributed by atoms with Crippen LogP contribution in [-0.2, 0) is 0 Å². The molecular weight excluding hydrogens is 160 g/mol. The van der Waals surface area contributed by atoms with Crippen LogP contribution in [-0.4, -0.2) is 0 Å². The molecule has 1 aliphatic rings. The molecule has 0 saturated heterocycles. The molecule has 0 saturated carbocycles. The summed E-state index contributed by atoms with van der Waals surface area (Å²) in [6, 6.07) is 6.16. The highest BCUT2D eigenvalue weighted by molar-refractivity contribution is 5.74. The van der Waals surface area contributed by atoms with Crippen LogP contribution in [0.4, 0.5) is 0 Å². The van der Waals surface area contributed by atoms with E-state index in [2.05, 4.69) is 19.6 Å². The molecule has 1 heteroatoms. The van der Waals surface area contributed by atoms with Crippen LogP contribution in [0.5, 0.6) is 5.75 Å². The maximum absolute atomic E-state index is 5.56. The van der Waals surface area contributed by atoms with E-state index in [0.29, 0.717) is 0 Å². The summed E-state index contributed by atoms with van der Waals surface area (Å²) in [6.07, 6.45) is 1.96.